The maximum atomic E-state index is 13.0. The summed E-state index contributed by atoms with van der Waals surface area (Å²) in [5.74, 6) is -0.297. The lowest BCUT2D eigenvalue weighted by atomic mass is 10.1. The molecule has 0 bridgehead atoms. The second-order valence-electron chi connectivity index (χ2n) is 4.69. The van der Waals surface area contributed by atoms with Crippen LogP contribution in [0, 0.1) is 17.1 Å². The van der Waals surface area contributed by atoms with Gasteiger partial charge in [0.05, 0.1) is 0 Å². The molecule has 0 saturated heterocycles. The Bertz CT molecular complexity index is 595. The Labute approximate surface area is 117 Å². The molecular weight excluding hydrogens is 255 g/mol. The molecule has 0 atom stereocenters. The number of nitriles is 1. The third kappa shape index (κ3) is 3.21. The van der Waals surface area contributed by atoms with Gasteiger partial charge < -0.3 is 0 Å². The quantitative estimate of drug-likeness (QED) is 0.756. The highest BCUT2D eigenvalue weighted by Crippen LogP contribution is 2.22. The van der Waals surface area contributed by atoms with Crippen molar-refractivity contribution in [1.82, 2.24) is 15.0 Å². The Morgan fingerprint density at radius 3 is 2.60 bits per heavy atom. The minimum absolute atomic E-state index is 0.284. The van der Waals surface area contributed by atoms with Gasteiger partial charge in [0.1, 0.15) is 17.6 Å². The molecule has 0 unspecified atom stereocenters. The zero-order valence-corrected chi connectivity index (χ0v) is 11.5. The summed E-state index contributed by atoms with van der Waals surface area (Å²) in [6, 6.07) is 8.10. The Morgan fingerprint density at radius 2 is 1.95 bits per heavy atom. The molecular formula is C15H17FN4. The number of unbranched alkanes of at least 4 members (excludes halogenated alkanes) is 3. The van der Waals surface area contributed by atoms with E-state index in [0.29, 0.717) is 5.69 Å². The standard InChI is InChI=1S/C15H17FN4/c1-2-3-4-5-10-20-15(14(11-17)18-19-20)12-6-8-13(16)9-7-12/h6-9H,2-5,10H2,1H3. The third-order valence-electron chi connectivity index (χ3n) is 3.18. The average molecular weight is 272 g/mol. The molecule has 0 aliphatic heterocycles. The predicted octanol–water partition coefficient (Wildman–Crippen LogP) is 3.54. The van der Waals surface area contributed by atoms with E-state index in [2.05, 4.69) is 17.2 Å². The Kier molecular flexibility index (Phi) is 4.83. The van der Waals surface area contributed by atoms with Gasteiger partial charge in [0.2, 0.25) is 0 Å². The fraction of sp³-hybridized carbons (Fsp3) is 0.400. The molecule has 0 radical (unpaired) electrons. The van der Waals surface area contributed by atoms with Gasteiger partial charge in [-0.05, 0) is 30.7 Å². The first-order valence-electron chi connectivity index (χ1n) is 6.85. The highest BCUT2D eigenvalue weighted by atomic mass is 19.1. The third-order valence-corrected chi connectivity index (χ3v) is 3.18. The number of halogens is 1. The molecule has 1 aromatic carbocycles. The van der Waals surface area contributed by atoms with Crippen LogP contribution < -0.4 is 0 Å². The predicted molar refractivity (Wildman–Crippen MR) is 74.3 cm³/mol. The summed E-state index contributed by atoms with van der Waals surface area (Å²) in [7, 11) is 0. The molecule has 2 rings (SSSR count). The number of rotatable bonds is 6. The Morgan fingerprint density at radius 1 is 1.20 bits per heavy atom. The van der Waals surface area contributed by atoms with E-state index in [9.17, 15) is 4.39 Å². The van der Waals surface area contributed by atoms with Crippen LogP contribution in [0.2, 0.25) is 0 Å². The van der Waals surface area contributed by atoms with E-state index in [4.69, 9.17) is 5.26 Å². The number of aryl methyl sites for hydroxylation is 1. The molecule has 0 saturated carbocycles. The lowest BCUT2D eigenvalue weighted by molar-refractivity contribution is 0.531. The van der Waals surface area contributed by atoms with E-state index >= 15 is 0 Å². The molecule has 0 aliphatic carbocycles. The van der Waals surface area contributed by atoms with Gasteiger partial charge >= 0.3 is 0 Å². The zero-order chi connectivity index (χ0) is 14.4. The van der Waals surface area contributed by atoms with Gasteiger partial charge in [-0.25, -0.2) is 9.07 Å². The smallest absolute Gasteiger partial charge is 0.190 e. The fourth-order valence-electron chi connectivity index (χ4n) is 2.13. The Balaban J connectivity index is 2.23. The zero-order valence-electron chi connectivity index (χ0n) is 11.5. The maximum absolute atomic E-state index is 13.0. The number of hydrogen-bond donors (Lipinski definition) is 0. The lowest BCUT2D eigenvalue weighted by Gasteiger charge is -2.06. The SMILES string of the molecule is CCCCCCn1nnc(C#N)c1-c1ccc(F)cc1. The Hall–Kier alpha value is -2.22. The number of nitrogens with zero attached hydrogens (tertiary/aromatic N) is 4. The van der Waals surface area contributed by atoms with Gasteiger partial charge in [0.25, 0.3) is 0 Å². The van der Waals surface area contributed by atoms with Crippen LogP contribution in [0.15, 0.2) is 24.3 Å². The van der Waals surface area contributed by atoms with Crippen molar-refractivity contribution in [3.63, 3.8) is 0 Å². The lowest BCUT2D eigenvalue weighted by Crippen LogP contribution is -2.03. The van der Waals surface area contributed by atoms with Gasteiger partial charge in [-0.2, -0.15) is 5.26 Å². The van der Waals surface area contributed by atoms with Crippen molar-refractivity contribution in [2.24, 2.45) is 0 Å². The number of benzene rings is 1. The minimum atomic E-state index is -0.297. The fourth-order valence-corrected chi connectivity index (χ4v) is 2.13. The van der Waals surface area contributed by atoms with E-state index < -0.39 is 0 Å². The highest BCUT2D eigenvalue weighted by molar-refractivity contribution is 5.64. The van der Waals surface area contributed by atoms with Gasteiger partial charge in [-0.15, -0.1) is 5.10 Å². The van der Waals surface area contributed by atoms with Crippen molar-refractivity contribution in [2.75, 3.05) is 0 Å². The molecule has 2 aromatic rings. The van der Waals surface area contributed by atoms with Crippen LogP contribution >= 0.6 is 0 Å². The van der Waals surface area contributed by atoms with Crippen LogP contribution in [0.3, 0.4) is 0 Å². The monoisotopic (exact) mass is 272 g/mol. The second kappa shape index (κ2) is 6.80. The first-order valence-corrected chi connectivity index (χ1v) is 6.85. The normalized spacial score (nSPS) is 10.4. The molecule has 4 nitrogen and oxygen atoms in total. The van der Waals surface area contributed by atoms with Crippen LogP contribution in [0.4, 0.5) is 4.39 Å². The van der Waals surface area contributed by atoms with E-state index in [1.54, 1.807) is 16.8 Å². The minimum Gasteiger partial charge on any atom is -0.243 e. The first kappa shape index (κ1) is 14.2. The van der Waals surface area contributed by atoms with Crippen molar-refractivity contribution < 1.29 is 4.39 Å². The molecule has 0 N–H and O–H groups in total. The number of aromatic nitrogens is 3. The summed E-state index contributed by atoms with van der Waals surface area (Å²) >= 11 is 0. The molecule has 1 aromatic heterocycles. The topological polar surface area (TPSA) is 54.5 Å². The molecule has 20 heavy (non-hydrogen) atoms. The first-order chi connectivity index (χ1) is 9.76. The summed E-state index contributed by atoms with van der Waals surface area (Å²) in [5.41, 5.74) is 1.72. The van der Waals surface area contributed by atoms with Crippen LogP contribution in [-0.2, 0) is 6.54 Å². The van der Waals surface area contributed by atoms with Crippen molar-refractivity contribution in [1.29, 1.82) is 5.26 Å². The van der Waals surface area contributed by atoms with E-state index in [-0.39, 0.29) is 11.5 Å². The van der Waals surface area contributed by atoms with E-state index in [1.165, 1.54) is 25.0 Å². The summed E-state index contributed by atoms with van der Waals surface area (Å²) in [6.07, 6.45) is 4.48. The van der Waals surface area contributed by atoms with Crippen LogP contribution in [-0.4, -0.2) is 15.0 Å². The molecule has 1 heterocycles. The summed E-state index contributed by atoms with van der Waals surface area (Å²) < 4.78 is 14.7. The number of hydrogen-bond acceptors (Lipinski definition) is 3. The van der Waals surface area contributed by atoms with Crippen LogP contribution in [0.25, 0.3) is 11.3 Å². The van der Waals surface area contributed by atoms with Crippen LogP contribution in [0.5, 0.6) is 0 Å². The molecule has 0 aliphatic rings. The van der Waals surface area contributed by atoms with Gasteiger partial charge in [0.15, 0.2) is 5.69 Å². The summed E-state index contributed by atoms with van der Waals surface area (Å²) in [4.78, 5) is 0. The van der Waals surface area contributed by atoms with E-state index in [0.717, 1.165) is 24.9 Å². The van der Waals surface area contributed by atoms with Crippen molar-refractivity contribution in [3.05, 3.63) is 35.8 Å². The van der Waals surface area contributed by atoms with Crippen LogP contribution in [0.1, 0.15) is 38.3 Å². The van der Waals surface area contributed by atoms with Gasteiger partial charge in [0, 0.05) is 12.1 Å². The largest absolute Gasteiger partial charge is 0.243 e. The van der Waals surface area contributed by atoms with Crippen molar-refractivity contribution >= 4 is 0 Å². The molecule has 0 amide bonds. The molecule has 104 valence electrons. The highest BCUT2D eigenvalue weighted by Gasteiger charge is 2.14. The average Bonchev–Trinajstić information content (AvgIpc) is 2.87. The maximum Gasteiger partial charge on any atom is 0.190 e. The van der Waals surface area contributed by atoms with E-state index in [1.807, 2.05) is 6.07 Å². The second-order valence-corrected chi connectivity index (χ2v) is 4.69. The van der Waals surface area contributed by atoms with Gasteiger partial charge in [-0.3, -0.25) is 0 Å². The van der Waals surface area contributed by atoms with Gasteiger partial charge in [-0.1, -0.05) is 31.4 Å². The molecule has 0 fully saturated rings. The summed E-state index contributed by atoms with van der Waals surface area (Å²) in [6.45, 7) is 2.88. The molecule has 5 heteroatoms. The summed E-state index contributed by atoms with van der Waals surface area (Å²) in [5, 5.41) is 17.0. The molecule has 0 spiro atoms. The van der Waals surface area contributed by atoms with Crippen molar-refractivity contribution in [2.45, 2.75) is 39.2 Å². The van der Waals surface area contributed by atoms with Crippen molar-refractivity contribution in [3.8, 4) is 17.3 Å².